The molecular weight excluding hydrogens is 206 g/mol. The largest absolute Gasteiger partial charge is 0.373 e. The van der Waals surface area contributed by atoms with Crippen LogP contribution < -0.4 is 11.1 Å². The van der Waals surface area contributed by atoms with Gasteiger partial charge in [0.15, 0.2) is 0 Å². The molecule has 1 amide bonds. The van der Waals surface area contributed by atoms with Gasteiger partial charge in [0.1, 0.15) is 0 Å². The molecule has 0 radical (unpaired) electrons. The molecular formula is C11H21N3O2. The Morgan fingerprint density at radius 2 is 2.44 bits per heavy atom. The Bertz CT molecular complexity index is 247. The Morgan fingerprint density at radius 3 is 3.25 bits per heavy atom. The maximum Gasteiger partial charge on any atom is 0.221 e. The minimum atomic E-state index is 0.0228. The van der Waals surface area contributed by atoms with E-state index in [4.69, 9.17) is 10.5 Å². The van der Waals surface area contributed by atoms with Gasteiger partial charge in [0.05, 0.1) is 12.7 Å². The zero-order chi connectivity index (χ0) is 11.4. The molecule has 0 aromatic heterocycles. The van der Waals surface area contributed by atoms with Gasteiger partial charge in [-0.1, -0.05) is 0 Å². The van der Waals surface area contributed by atoms with E-state index in [2.05, 4.69) is 10.2 Å². The molecule has 2 fully saturated rings. The second-order valence-electron chi connectivity index (χ2n) is 4.59. The fraction of sp³-hybridized carbons (Fsp3) is 0.909. The standard InChI is InChI=1S/C11H21N3O2/c12-4-3-11(15)13-6-10-7-14-5-1-2-9(14)8-16-10/h9-10H,1-8,12H2,(H,13,15). The monoisotopic (exact) mass is 227 g/mol. The first-order valence-electron chi connectivity index (χ1n) is 6.12. The van der Waals surface area contributed by atoms with Crippen molar-refractivity contribution in [3.05, 3.63) is 0 Å². The molecule has 92 valence electrons. The Labute approximate surface area is 96.3 Å². The second-order valence-corrected chi connectivity index (χ2v) is 4.59. The molecule has 0 aromatic rings. The second kappa shape index (κ2) is 5.61. The number of rotatable bonds is 4. The zero-order valence-electron chi connectivity index (χ0n) is 9.65. The average Bonchev–Trinajstić information content (AvgIpc) is 2.74. The van der Waals surface area contributed by atoms with Crippen molar-refractivity contribution in [3.63, 3.8) is 0 Å². The van der Waals surface area contributed by atoms with Crippen LogP contribution >= 0.6 is 0 Å². The highest BCUT2D eigenvalue weighted by Crippen LogP contribution is 2.22. The van der Waals surface area contributed by atoms with E-state index in [0.717, 1.165) is 13.2 Å². The van der Waals surface area contributed by atoms with E-state index in [0.29, 0.717) is 25.6 Å². The van der Waals surface area contributed by atoms with Crippen LogP contribution in [0, 0.1) is 0 Å². The number of hydrogen-bond acceptors (Lipinski definition) is 4. The van der Waals surface area contributed by atoms with Crippen molar-refractivity contribution in [1.82, 2.24) is 10.2 Å². The van der Waals surface area contributed by atoms with Crippen molar-refractivity contribution in [1.29, 1.82) is 0 Å². The highest BCUT2D eigenvalue weighted by atomic mass is 16.5. The fourth-order valence-corrected chi connectivity index (χ4v) is 2.46. The molecule has 5 nitrogen and oxygen atoms in total. The summed E-state index contributed by atoms with van der Waals surface area (Å²) < 4.78 is 5.73. The Kier molecular flexibility index (Phi) is 4.15. The number of carbonyl (C=O) groups excluding carboxylic acids is 1. The highest BCUT2D eigenvalue weighted by molar-refractivity contribution is 5.76. The third-order valence-corrected chi connectivity index (χ3v) is 3.36. The number of nitrogens with one attached hydrogen (secondary N) is 1. The summed E-state index contributed by atoms with van der Waals surface area (Å²) in [6.45, 7) is 3.97. The predicted octanol–water partition coefficient (Wildman–Crippen LogP) is -0.685. The molecule has 2 rings (SSSR count). The van der Waals surface area contributed by atoms with Gasteiger partial charge in [0.2, 0.25) is 5.91 Å². The lowest BCUT2D eigenvalue weighted by Crippen LogP contribution is -2.50. The number of morpholine rings is 1. The summed E-state index contributed by atoms with van der Waals surface area (Å²) in [5, 5.41) is 2.86. The summed E-state index contributed by atoms with van der Waals surface area (Å²) in [7, 11) is 0. The molecule has 3 N–H and O–H groups in total. The van der Waals surface area contributed by atoms with Crippen molar-refractivity contribution in [2.75, 3.05) is 32.8 Å². The Balaban J connectivity index is 1.69. The van der Waals surface area contributed by atoms with Crippen molar-refractivity contribution in [2.45, 2.75) is 31.4 Å². The van der Waals surface area contributed by atoms with Gasteiger partial charge in [-0.25, -0.2) is 0 Å². The topological polar surface area (TPSA) is 67.6 Å². The maximum absolute atomic E-state index is 11.3. The zero-order valence-corrected chi connectivity index (χ0v) is 9.65. The lowest BCUT2D eigenvalue weighted by molar-refractivity contribution is -0.122. The van der Waals surface area contributed by atoms with Crippen LogP contribution in [0.1, 0.15) is 19.3 Å². The van der Waals surface area contributed by atoms with Crippen LogP contribution in [-0.4, -0.2) is 55.7 Å². The third-order valence-electron chi connectivity index (χ3n) is 3.36. The van der Waals surface area contributed by atoms with Gasteiger partial charge in [-0.05, 0) is 19.4 Å². The average molecular weight is 227 g/mol. The number of amides is 1. The summed E-state index contributed by atoms with van der Waals surface area (Å²) in [4.78, 5) is 13.7. The molecule has 0 bridgehead atoms. The molecule has 2 unspecified atom stereocenters. The molecule has 5 heteroatoms. The first-order chi connectivity index (χ1) is 7.79. The van der Waals surface area contributed by atoms with Gasteiger partial charge >= 0.3 is 0 Å². The molecule has 2 saturated heterocycles. The summed E-state index contributed by atoms with van der Waals surface area (Å²) in [6, 6.07) is 0.621. The van der Waals surface area contributed by atoms with Gasteiger partial charge in [-0.3, -0.25) is 9.69 Å². The molecule has 2 aliphatic rings. The molecule has 2 atom stereocenters. The molecule has 2 heterocycles. The molecule has 0 aromatic carbocycles. The fourth-order valence-electron chi connectivity index (χ4n) is 2.46. The number of nitrogens with zero attached hydrogens (tertiary/aromatic N) is 1. The van der Waals surface area contributed by atoms with E-state index < -0.39 is 0 Å². The number of fused-ring (bicyclic) bond motifs is 1. The van der Waals surface area contributed by atoms with E-state index in [-0.39, 0.29) is 12.0 Å². The maximum atomic E-state index is 11.3. The van der Waals surface area contributed by atoms with E-state index >= 15 is 0 Å². The van der Waals surface area contributed by atoms with Crippen LogP contribution in [0.2, 0.25) is 0 Å². The number of hydrogen-bond donors (Lipinski definition) is 2. The lowest BCUT2D eigenvalue weighted by atomic mass is 10.2. The van der Waals surface area contributed by atoms with Crippen molar-refractivity contribution in [3.8, 4) is 0 Å². The van der Waals surface area contributed by atoms with Crippen LogP contribution in [0.3, 0.4) is 0 Å². The van der Waals surface area contributed by atoms with Crippen LogP contribution in [0.5, 0.6) is 0 Å². The van der Waals surface area contributed by atoms with Crippen molar-refractivity contribution < 1.29 is 9.53 Å². The molecule has 0 saturated carbocycles. The smallest absolute Gasteiger partial charge is 0.221 e. The first-order valence-corrected chi connectivity index (χ1v) is 6.12. The molecule has 16 heavy (non-hydrogen) atoms. The summed E-state index contributed by atoms with van der Waals surface area (Å²) >= 11 is 0. The van der Waals surface area contributed by atoms with Gasteiger partial charge in [0, 0.05) is 32.1 Å². The van der Waals surface area contributed by atoms with E-state index in [1.165, 1.54) is 19.4 Å². The summed E-state index contributed by atoms with van der Waals surface area (Å²) in [5.74, 6) is 0.0228. The van der Waals surface area contributed by atoms with Crippen LogP contribution in [0.15, 0.2) is 0 Å². The summed E-state index contributed by atoms with van der Waals surface area (Å²) in [6.07, 6.45) is 3.09. The van der Waals surface area contributed by atoms with Crippen LogP contribution in [-0.2, 0) is 9.53 Å². The highest BCUT2D eigenvalue weighted by Gasteiger charge is 2.32. The minimum Gasteiger partial charge on any atom is -0.373 e. The Morgan fingerprint density at radius 1 is 1.56 bits per heavy atom. The van der Waals surface area contributed by atoms with Gasteiger partial charge < -0.3 is 15.8 Å². The van der Waals surface area contributed by atoms with Crippen LogP contribution in [0.4, 0.5) is 0 Å². The predicted molar refractivity (Wildman–Crippen MR) is 61.0 cm³/mol. The molecule has 0 spiro atoms. The third kappa shape index (κ3) is 2.93. The normalized spacial score (nSPS) is 30.1. The van der Waals surface area contributed by atoms with E-state index in [9.17, 15) is 4.79 Å². The Hall–Kier alpha value is -0.650. The number of carbonyl (C=O) groups is 1. The van der Waals surface area contributed by atoms with E-state index in [1.54, 1.807) is 0 Å². The van der Waals surface area contributed by atoms with Crippen LogP contribution in [0.25, 0.3) is 0 Å². The first kappa shape index (κ1) is 11.8. The number of ether oxygens (including phenoxy) is 1. The van der Waals surface area contributed by atoms with Crippen molar-refractivity contribution in [2.24, 2.45) is 5.73 Å². The quantitative estimate of drug-likeness (QED) is 0.667. The van der Waals surface area contributed by atoms with Gasteiger partial charge in [-0.15, -0.1) is 0 Å². The minimum absolute atomic E-state index is 0.0228. The van der Waals surface area contributed by atoms with Gasteiger partial charge in [-0.2, -0.15) is 0 Å². The lowest BCUT2D eigenvalue weighted by Gasteiger charge is -2.35. The summed E-state index contributed by atoms with van der Waals surface area (Å²) in [5.41, 5.74) is 5.31. The van der Waals surface area contributed by atoms with Crippen molar-refractivity contribution >= 4 is 5.91 Å². The molecule has 0 aliphatic carbocycles. The number of nitrogens with two attached hydrogens (primary N) is 1. The SMILES string of the molecule is NCCC(=O)NCC1CN2CCCC2CO1. The molecule has 2 aliphatic heterocycles. The van der Waals surface area contributed by atoms with Gasteiger partial charge in [0.25, 0.3) is 0 Å². The van der Waals surface area contributed by atoms with E-state index in [1.807, 2.05) is 0 Å².